The largest absolute Gasteiger partial charge is 0.463 e. The van der Waals surface area contributed by atoms with Crippen LogP contribution < -0.4 is 0 Å². The van der Waals surface area contributed by atoms with E-state index in [1.807, 2.05) is 12.2 Å². The molecule has 0 aromatic heterocycles. The Bertz CT molecular complexity index is 518. The molecule has 1 saturated carbocycles. The standard InChI is InChI=1S/C22H34O4/c1-4-5-6-7-8-9-13-18-15-16-20(23)19(18)14-11-10-12-17(2)21(24)22(25)26-3/h10-12,14,17-19H,4-9,13,15-16H2,1-3H3/t17?,18-,19+/m0/s1. The number of esters is 1. The van der Waals surface area contributed by atoms with Gasteiger partial charge in [-0.1, -0.05) is 76.7 Å². The molecular weight excluding hydrogens is 328 g/mol. The van der Waals surface area contributed by atoms with E-state index in [-0.39, 0.29) is 5.92 Å². The van der Waals surface area contributed by atoms with Crippen LogP contribution in [0.4, 0.5) is 0 Å². The fraction of sp³-hybridized carbons (Fsp3) is 0.682. The second-order valence-corrected chi connectivity index (χ2v) is 7.26. The SMILES string of the molecule is CCCCCCCC[C@H]1CCC(=O)[C@@H]1C=CC=CC(C)C(=O)C(=O)OC. The van der Waals surface area contributed by atoms with Gasteiger partial charge in [0.25, 0.3) is 0 Å². The zero-order chi connectivity index (χ0) is 19.4. The summed E-state index contributed by atoms with van der Waals surface area (Å²) in [6.07, 6.45) is 17.6. The summed E-state index contributed by atoms with van der Waals surface area (Å²) < 4.78 is 4.43. The molecule has 0 aromatic carbocycles. The van der Waals surface area contributed by atoms with Gasteiger partial charge >= 0.3 is 5.97 Å². The van der Waals surface area contributed by atoms with Crippen molar-refractivity contribution < 1.29 is 19.1 Å². The highest BCUT2D eigenvalue weighted by atomic mass is 16.5. The van der Waals surface area contributed by atoms with Crippen LogP contribution in [0.5, 0.6) is 0 Å². The van der Waals surface area contributed by atoms with Crippen LogP contribution in [0.15, 0.2) is 24.3 Å². The van der Waals surface area contributed by atoms with Gasteiger partial charge in [-0.05, 0) is 18.8 Å². The number of hydrogen-bond acceptors (Lipinski definition) is 4. The number of carbonyl (C=O) groups excluding carboxylic acids is 3. The predicted octanol–water partition coefficient (Wildman–Crippen LogP) is 4.82. The molecule has 0 amide bonds. The first-order valence-corrected chi connectivity index (χ1v) is 10.0. The van der Waals surface area contributed by atoms with Gasteiger partial charge in [-0.15, -0.1) is 0 Å². The molecule has 1 unspecified atom stereocenters. The van der Waals surface area contributed by atoms with Gasteiger partial charge in [-0.25, -0.2) is 4.79 Å². The highest BCUT2D eigenvalue weighted by molar-refractivity contribution is 6.34. The summed E-state index contributed by atoms with van der Waals surface area (Å²) in [7, 11) is 1.20. The van der Waals surface area contributed by atoms with Crippen molar-refractivity contribution in [2.24, 2.45) is 17.8 Å². The van der Waals surface area contributed by atoms with E-state index in [2.05, 4.69) is 11.7 Å². The number of methoxy groups -OCH3 is 1. The topological polar surface area (TPSA) is 60.4 Å². The van der Waals surface area contributed by atoms with Gasteiger partial charge in [0.1, 0.15) is 5.78 Å². The van der Waals surface area contributed by atoms with Crippen LogP contribution >= 0.6 is 0 Å². The fourth-order valence-electron chi connectivity index (χ4n) is 3.50. The molecule has 0 heterocycles. The molecule has 0 aromatic rings. The third-order valence-corrected chi connectivity index (χ3v) is 5.20. The highest BCUT2D eigenvalue weighted by Gasteiger charge is 2.31. The van der Waals surface area contributed by atoms with E-state index in [1.54, 1.807) is 19.1 Å². The minimum atomic E-state index is -0.823. The van der Waals surface area contributed by atoms with Crippen LogP contribution in [0.1, 0.15) is 71.6 Å². The van der Waals surface area contributed by atoms with Crippen molar-refractivity contribution in [1.29, 1.82) is 0 Å². The van der Waals surface area contributed by atoms with Gasteiger partial charge in [-0.3, -0.25) is 9.59 Å². The van der Waals surface area contributed by atoms with Gasteiger partial charge in [0.15, 0.2) is 0 Å². The number of allylic oxidation sites excluding steroid dienone is 4. The molecule has 1 aliphatic rings. The summed E-state index contributed by atoms with van der Waals surface area (Å²) in [4.78, 5) is 35.0. The summed E-state index contributed by atoms with van der Waals surface area (Å²) in [5.41, 5.74) is 0. The average Bonchev–Trinajstić information content (AvgIpc) is 2.99. The highest BCUT2D eigenvalue weighted by Crippen LogP contribution is 2.34. The number of ketones is 2. The quantitative estimate of drug-likeness (QED) is 0.216. The lowest BCUT2D eigenvalue weighted by atomic mass is 9.89. The normalized spacial score (nSPS) is 21.6. The molecular formula is C22H34O4. The first kappa shape index (κ1) is 22.3. The second kappa shape index (κ2) is 12.6. The number of Topliss-reactive ketones (excluding diaryl/α,β-unsaturated/α-hetero) is 2. The molecule has 146 valence electrons. The van der Waals surface area contributed by atoms with Crippen LogP contribution in [0.25, 0.3) is 0 Å². The number of unbranched alkanes of at least 4 members (excludes halogenated alkanes) is 5. The number of carbonyl (C=O) groups is 3. The Morgan fingerprint density at radius 2 is 1.85 bits per heavy atom. The van der Waals surface area contributed by atoms with Crippen molar-refractivity contribution >= 4 is 17.5 Å². The Labute approximate surface area is 158 Å². The molecule has 0 spiro atoms. The van der Waals surface area contributed by atoms with Crippen LogP contribution in [0, 0.1) is 17.8 Å². The van der Waals surface area contributed by atoms with Gasteiger partial charge in [0, 0.05) is 18.3 Å². The van der Waals surface area contributed by atoms with Crippen molar-refractivity contribution in [2.45, 2.75) is 71.6 Å². The lowest BCUT2D eigenvalue weighted by Crippen LogP contribution is -2.21. The van der Waals surface area contributed by atoms with Crippen molar-refractivity contribution in [2.75, 3.05) is 7.11 Å². The van der Waals surface area contributed by atoms with E-state index in [1.165, 1.54) is 45.6 Å². The molecule has 0 saturated heterocycles. The van der Waals surface area contributed by atoms with Crippen molar-refractivity contribution in [3.8, 4) is 0 Å². The summed E-state index contributed by atoms with van der Waals surface area (Å²) in [5, 5.41) is 0. The minimum Gasteiger partial charge on any atom is -0.463 e. The zero-order valence-electron chi connectivity index (χ0n) is 16.5. The number of hydrogen-bond donors (Lipinski definition) is 0. The molecule has 3 atom stereocenters. The molecule has 4 heteroatoms. The molecule has 0 N–H and O–H groups in total. The van der Waals surface area contributed by atoms with E-state index < -0.39 is 17.7 Å². The van der Waals surface area contributed by atoms with E-state index >= 15 is 0 Å². The first-order valence-electron chi connectivity index (χ1n) is 10.0. The van der Waals surface area contributed by atoms with E-state index in [0.29, 0.717) is 18.1 Å². The lowest BCUT2D eigenvalue weighted by Gasteiger charge is -2.14. The second-order valence-electron chi connectivity index (χ2n) is 7.26. The van der Waals surface area contributed by atoms with Crippen LogP contribution in [0.3, 0.4) is 0 Å². The minimum absolute atomic E-state index is 0.00177. The lowest BCUT2D eigenvalue weighted by molar-refractivity contribution is -0.152. The van der Waals surface area contributed by atoms with Gasteiger partial charge < -0.3 is 4.74 Å². The summed E-state index contributed by atoms with van der Waals surface area (Å²) in [6, 6.07) is 0. The smallest absolute Gasteiger partial charge is 0.374 e. The molecule has 0 aliphatic heterocycles. The Morgan fingerprint density at radius 1 is 1.15 bits per heavy atom. The Kier molecular flexibility index (Phi) is 10.8. The molecule has 0 bridgehead atoms. The molecule has 0 radical (unpaired) electrons. The van der Waals surface area contributed by atoms with Gasteiger partial charge in [0.05, 0.1) is 7.11 Å². The zero-order valence-corrected chi connectivity index (χ0v) is 16.5. The first-order chi connectivity index (χ1) is 12.5. The van der Waals surface area contributed by atoms with Gasteiger partial charge in [0.2, 0.25) is 5.78 Å². The Hall–Kier alpha value is -1.71. The third kappa shape index (κ3) is 7.67. The Balaban J connectivity index is 2.43. The summed E-state index contributed by atoms with van der Waals surface area (Å²) in [5.74, 6) is -1.13. The van der Waals surface area contributed by atoms with E-state index in [4.69, 9.17) is 0 Å². The average molecular weight is 363 g/mol. The maximum atomic E-state index is 12.1. The van der Waals surface area contributed by atoms with E-state index in [0.717, 1.165) is 12.8 Å². The van der Waals surface area contributed by atoms with Crippen molar-refractivity contribution in [3.63, 3.8) is 0 Å². The fourth-order valence-corrected chi connectivity index (χ4v) is 3.50. The van der Waals surface area contributed by atoms with E-state index in [9.17, 15) is 14.4 Å². The molecule has 1 aliphatic carbocycles. The Morgan fingerprint density at radius 3 is 2.54 bits per heavy atom. The van der Waals surface area contributed by atoms with Crippen LogP contribution in [-0.4, -0.2) is 24.6 Å². The maximum Gasteiger partial charge on any atom is 0.374 e. The molecule has 4 nitrogen and oxygen atoms in total. The summed E-state index contributed by atoms with van der Waals surface area (Å²) >= 11 is 0. The predicted molar refractivity (Wildman–Crippen MR) is 104 cm³/mol. The number of rotatable bonds is 12. The summed E-state index contributed by atoms with van der Waals surface area (Å²) in [6.45, 7) is 3.88. The maximum absolute atomic E-state index is 12.1. The molecule has 26 heavy (non-hydrogen) atoms. The monoisotopic (exact) mass is 362 g/mol. The third-order valence-electron chi connectivity index (χ3n) is 5.20. The van der Waals surface area contributed by atoms with Crippen molar-refractivity contribution in [1.82, 2.24) is 0 Å². The van der Waals surface area contributed by atoms with Crippen molar-refractivity contribution in [3.05, 3.63) is 24.3 Å². The molecule has 1 fully saturated rings. The number of ether oxygens (including phenoxy) is 1. The van der Waals surface area contributed by atoms with Gasteiger partial charge in [-0.2, -0.15) is 0 Å². The van der Waals surface area contributed by atoms with Crippen LogP contribution in [-0.2, 0) is 19.1 Å². The van der Waals surface area contributed by atoms with Crippen LogP contribution in [0.2, 0.25) is 0 Å². The molecule has 1 rings (SSSR count).